The summed E-state index contributed by atoms with van der Waals surface area (Å²) in [6.07, 6.45) is 1.91. The van der Waals surface area contributed by atoms with Gasteiger partial charge < -0.3 is 9.30 Å². The molecule has 0 aliphatic heterocycles. The lowest BCUT2D eigenvalue weighted by Crippen LogP contribution is -2.01. The number of nitro groups is 1. The number of thioether (sulfide) groups is 1. The number of aryl methyl sites for hydroxylation is 1. The van der Waals surface area contributed by atoms with Crippen LogP contribution in [0.2, 0.25) is 0 Å². The van der Waals surface area contributed by atoms with Gasteiger partial charge in [-0.15, -0.1) is 15.3 Å². The molecular weight excluding hydrogens is 380 g/mol. The molecule has 0 saturated carbocycles. The molecule has 2 aromatic heterocycles. The molecule has 0 unspecified atom stereocenters. The second-order valence-electron chi connectivity index (χ2n) is 5.90. The lowest BCUT2D eigenvalue weighted by molar-refractivity contribution is -0.384. The van der Waals surface area contributed by atoms with Crippen molar-refractivity contribution >= 4 is 17.4 Å². The van der Waals surface area contributed by atoms with Crippen LogP contribution in [-0.2, 0) is 18.8 Å². The maximum Gasteiger partial charge on any atom is 0.269 e. The van der Waals surface area contributed by atoms with Crippen molar-refractivity contribution in [2.75, 3.05) is 6.61 Å². The van der Waals surface area contributed by atoms with Gasteiger partial charge in [-0.25, -0.2) is 0 Å². The Morgan fingerprint density at radius 1 is 1.21 bits per heavy atom. The average Bonchev–Trinajstić information content (AvgIpc) is 3.29. The van der Waals surface area contributed by atoms with Gasteiger partial charge in [0.2, 0.25) is 5.88 Å². The summed E-state index contributed by atoms with van der Waals surface area (Å²) >= 11 is 1.49. The number of non-ortho nitro benzene ring substituents is 1. The lowest BCUT2D eigenvalue weighted by atomic mass is 10.2. The van der Waals surface area contributed by atoms with Crippen LogP contribution in [0.4, 0.5) is 5.69 Å². The van der Waals surface area contributed by atoms with Crippen LogP contribution < -0.4 is 4.74 Å². The van der Waals surface area contributed by atoms with Gasteiger partial charge in [0, 0.05) is 37.2 Å². The van der Waals surface area contributed by atoms with Crippen LogP contribution in [0, 0.1) is 10.1 Å². The number of hydrogen-bond donors (Lipinski definition) is 0. The van der Waals surface area contributed by atoms with Crippen LogP contribution in [0.5, 0.6) is 5.88 Å². The minimum atomic E-state index is -0.387. The van der Waals surface area contributed by atoms with Crippen LogP contribution in [0.3, 0.4) is 0 Å². The third-order valence-corrected chi connectivity index (χ3v) is 5.13. The number of benzene rings is 1. The van der Waals surface area contributed by atoms with E-state index < -0.39 is 0 Å². The van der Waals surface area contributed by atoms with Gasteiger partial charge in [-0.05, 0) is 26.3 Å². The van der Waals surface area contributed by atoms with Crippen LogP contribution in [-0.4, -0.2) is 36.1 Å². The van der Waals surface area contributed by atoms with Crippen molar-refractivity contribution in [2.24, 2.45) is 0 Å². The molecule has 0 fully saturated rings. The van der Waals surface area contributed by atoms with Crippen LogP contribution in [0.1, 0.15) is 26.3 Å². The molecule has 148 valence electrons. The zero-order valence-electron chi connectivity index (χ0n) is 16.0. The largest absolute Gasteiger partial charge is 0.476 e. The molecule has 1 aromatic carbocycles. The Morgan fingerprint density at radius 2 is 2.04 bits per heavy atom. The van der Waals surface area contributed by atoms with Crippen molar-refractivity contribution in [3.8, 4) is 17.3 Å². The van der Waals surface area contributed by atoms with Gasteiger partial charge in [0.1, 0.15) is 5.56 Å². The molecule has 0 amide bonds. The summed E-state index contributed by atoms with van der Waals surface area (Å²) in [5, 5.41) is 24.8. The Hall–Kier alpha value is -2.88. The SMILES string of the molecule is CCOc1nn(CC)cc1-c1nnc(SCc2cccc([N+](=O)[O-])c2)n1CC. The van der Waals surface area contributed by atoms with Gasteiger partial charge in [-0.3, -0.25) is 14.8 Å². The van der Waals surface area contributed by atoms with Crippen LogP contribution >= 0.6 is 11.8 Å². The highest BCUT2D eigenvalue weighted by atomic mass is 32.2. The van der Waals surface area contributed by atoms with E-state index in [0.29, 0.717) is 30.6 Å². The number of ether oxygens (including phenoxy) is 1. The zero-order valence-corrected chi connectivity index (χ0v) is 16.8. The lowest BCUT2D eigenvalue weighted by Gasteiger charge is -2.07. The van der Waals surface area contributed by atoms with Crippen molar-refractivity contribution < 1.29 is 9.66 Å². The van der Waals surface area contributed by atoms with Crippen LogP contribution in [0.25, 0.3) is 11.4 Å². The van der Waals surface area contributed by atoms with E-state index in [-0.39, 0.29) is 10.6 Å². The van der Waals surface area contributed by atoms with E-state index in [0.717, 1.165) is 22.8 Å². The normalized spacial score (nSPS) is 11.0. The minimum absolute atomic E-state index is 0.0871. The molecule has 0 aliphatic rings. The first-order valence-electron chi connectivity index (χ1n) is 9.07. The summed E-state index contributed by atoms with van der Waals surface area (Å²) in [6, 6.07) is 6.63. The topological polar surface area (TPSA) is 101 Å². The number of aromatic nitrogens is 5. The first-order valence-corrected chi connectivity index (χ1v) is 10.1. The fraction of sp³-hybridized carbons (Fsp3) is 0.389. The summed E-state index contributed by atoms with van der Waals surface area (Å²) < 4.78 is 9.48. The highest BCUT2D eigenvalue weighted by Gasteiger charge is 2.20. The summed E-state index contributed by atoms with van der Waals surface area (Å²) in [4.78, 5) is 10.6. The van der Waals surface area contributed by atoms with E-state index >= 15 is 0 Å². The van der Waals surface area contributed by atoms with E-state index in [2.05, 4.69) is 15.3 Å². The van der Waals surface area contributed by atoms with Gasteiger partial charge in [0.25, 0.3) is 5.69 Å². The molecule has 3 aromatic rings. The standard InChI is InChI=1S/C18H22N6O3S/c1-4-22-11-15(17(21-22)27-6-3)16-19-20-18(23(16)5-2)28-12-13-8-7-9-14(10-13)24(25)26/h7-11H,4-6,12H2,1-3H3. The second kappa shape index (κ2) is 8.87. The summed E-state index contributed by atoms with van der Waals surface area (Å²) in [7, 11) is 0. The quantitative estimate of drug-likeness (QED) is 0.305. The molecule has 10 heteroatoms. The van der Waals surface area contributed by atoms with E-state index in [4.69, 9.17) is 4.74 Å². The number of rotatable bonds is 9. The smallest absolute Gasteiger partial charge is 0.269 e. The Morgan fingerprint density at radius 3 is 2.71 bits per heavy atom. The molecule has 0 saturated heterocycles. The molecule has 3 rings (SSSR count). The summed E-state index contributed by atoms with van der Waals surface area (Å²) in [5.41, 5.74) is 1.75. The first-order chi connectivity index (χ1) is 13.6. The molecule has 0 spiro atoms. The first kappa shape index (κ1) is 19.9. The predicted molar refractivity (Wildman–Crippen MR) is 106 cm³/mol. The van der Waals surface area contributed by atoms with Crippen molar-refractivity contribution in [1.29, 1.82) is 0 Å². The zero-order chi connectivity index (χ0) is 20.1. The molecule has 28 heavy (non-hydrogen) atoms. The molecule has 0 N–H and O–H groups in total. The Bertz CT molecular complexity index is 968. The Kier molecular flexibility index (Phi) is 6.30. The Labute approximate surface area is 166 Å². The molecule has 0 radical (unpaired) electrons. The third-order valence-electron chi connectivity index (χ3n) is 4.10. The number of nitro benzene ring substituents is 1. The highest BCUT2D eigenvalue weighted by molar-refractivity contribution is 7.98. The van der Waals surface area contributed by atoms with E-state index in [1.54, 1.807) is 12.1 Å². The fourth-order valence-corrected chi connectivity index (χ4v) is 3.70. The number of nitrogens with zero attached hydrogens (tertiary/aromatic N) is 6. The maximum atomic E-state index is 11.0. The highest BCUT2D eigenvalue weighted by Crippen LogP contribution is 2.31. The maximum absolute atomic E-state index is 11.0. The average molecular weight is 402 g/mol. The second-order valence-corrected chi connectivity index (χ2v) is 6.85. The van der Waals surface area contributed by atoms with Crippen molar-refractivity contribution in [1.82, 2.24) is 24.5 Å². The van der Waals surface area contributed by atoms with Crippen LogP contribution in [0.15, 0.2) is 35.6 Å². The van der Waals surface area contributed by atoms with E-state index in [1.165, 1.54) is 17.8 Å². The van der Waals surface area contributed by atoms with Gasteiger partial charge in [-0.2, -0.15) is 0 Å². The molecule has 9 nitrogen and oxygen atoms in total. The van der Waals surface area contributed by atoms with Gasteiger partial charge in [0.05, 0.1) is 11.5 Å². The van der Waals surface area contributed by atoms with Gasteiger partial charge in [0.15, 0.2) is 11.0 Å². The number of hydrogen-bond acceptors (Lipinski definition) is 7. The summed E-state index contributed by atoms with van der Waals surface area (Å²) in [5.74, 6) is 1.81. The summed E-state index contributed by atoms with van der Waals surface area (Å²) in [6.45, 7) is 7.88. The molecular formula is C18H22N6O3S. The van der Waals surface area contributed by atoms with E-state index in [1.807, 2.05) is 42.3 Å². The van der Waals surface area contributed by atoms with E-state index in [9.17, 15) is 10.1 Å². The van der Waals surface area contributed by atoms with Gasteiger partial charge >= 0.3 is 0 Å². The van der Waals surface area contributed by atoms with Crippen molar-refractivity contribution in [2.45, 2.75) is 44.8 Å². The van der Waals surface area contributed by atoms with Crippen molar-refractivity contribution in [3.05, 3.63) is 46.1 Å². The Balaban J connectivity index is 1.86. The fourth-order valence-electron chi connectivity index (χ4n) is 2.75. The molecule has 0 atom stereocenters. The van der Waals surface area contributed by atoms with Crippen molar-refractivity contribution in [3.63, 3.8) is 0 Å². The minimum Gasteiger partial charge on any atom is -0.476 e. The van der Waals surface area contributed by atoms with Gasteiger partial charge in [-0.1, -0.05) is 23.9 Å². The monoisotopic (exact) mass is 402 g/mol. The molecule has 0 aliphatic carbocycles. The third kappa shape index (κ3) is 4.16. The predicted octanol–water partition coefficient (Wildman–Crippen LogP) is 3.78. The molecule has 0 bridgehead atoms. The molecule has 2 heterocycles.